The summed E-state index contributed by atoms with van der Waals surface area (Å²) in [6.45, 7) is 3.18. The summed E-state index contributed by atoms with van der Waals surface area (Å²) in [6.07, 6.45) is 1.58. The van der Waals surface area contributed by atoms with Crippen molar-refractivity contribution < 1.29 is 17.9 Å². The monoisotopic (exact) mass is 264 g/mol. The highest BCUT2D eigenvalue weighted by atomic mass is 32.2. The van der Waals surface area contributed by atoms with Gasteiger partial charge in [-0.1, -0.05) is 0 Å². The Morgan fingerprint density at radius 1 is 1.24 bits per heavy atom. The first-order chi connectivity index (χ1) is 8.16. The van der Waals surface area contributed by atoms with E-state index in [1.165, 1.54) is 0 Å². The highest BCUT2D eigenvalue weighted by Gasteiger charge is 2.24. The molecule has 0 spiro atoms. The van der Waals surface area contributed by atoms with Crippen LogP contribution in [-0.4, -0.2) is 59.2 Å². The summed E-state index contributed by atoms with van der Waals surface area (Å²) in [4.78, 5) is 0. The third-order valence-electron chi connectivity index (χ3n) is 2.96. The zero-order valence-electron chi connectivity index (χ0n) is 9.85. The summed E-state index contributed by atoms with van der Waals surface area (Å²) < 4.78 is 36.8. The molecule has 2 aliphatic rings. The first-order valence-corrected chi connectivity index (χ1v) is 7.72. The lowest BCUT2D eigenvalue weighted by Crippen LogP contribution is -2.46. The minimum atomic E-state index is -3.25. The maximum absolute atomic E-state index is 11.8. The molecule has 0 aromatic heterocycles. The average molecular weight is 264 g/mol. The van der Waals surface area contributed by atoms with Crippen LogP contribution in [0.1, 0.15) is 12.8 Å². The van der Waals surface area contributed by atoms with E-state index < -0.39 is 10.0 Å². The van der Waals surface area contributed by atoms with Gasteiger partial charge in [0.05, 0.1) is 24.6 Å². The molecule has 2 rings (SSSR count). The van der Waals surface area contributed by atoms with E-state index in [2.05, 4.69) is 10.0 Å². The maximum atomic E-state index is 11.8. The molecule has 2 unspecified atom stereocenters. The molecule has 100 valence electrons. The van der Waals surface area contributed by atoms with E-state index in [4.69, 9.17) is 9.47 Å². The molecule has 2 atom stereocenters. The predicted molar refractivity (Wildman–Crippen MR) is 63.4 cm³/mol. The van der Waals surface area contributed by atoms with Crippen LogP contribution >= 0.6 is 0 Å². The molecule has 2 saturated heterocycles. The van der Waals surface area contributed by atoms with E-state index in [0.717, 1.165) is 19.4 Å². The van der Waals surface area contributed by atoms with Crippen LogP contribution in [0.2, 0.25) is 0 Å². The van der Waals surface area contributed by atoms with E-state index in [-0.39, 0.29) is 18.0 Å². The summed E-state index contributed by atoms with van der Waals surface area (Å²) in [7, 11) is -3.25. The van der Waals surface area contributed by atoms with Gasteiger partial charge in [-0.2, -0.15) is 0 Å². The van der Waals surface area contributed by atoms with Crippen LogP contribution in [0.4, 0.5) is 0 Å². The fourth-order valence-electron chi connectivity index (χ4n) is 2.05. The third kappa shape index (κ3) is 4.51. The fraction of sp³-hybridized carbons (Fsp3) is 1.00. The zero-order valence-corrected chi connectivity index (χ0v) is 10.7. The van der Waals surface area contributed by atoms with Gasteiger partial charge in [-0.3, -0.25) is 0 Å². The van der Waals surface area contributed by atoms with Crippen LogP contribution in [0.25, 0.3) is 0 Å². The lowest BCUT2D eigenvalue weighted by molar-refractivity contribution is 0.0323. The molecule has 2 heterocycles. The number of hydrogen-bond donors (Lipinski definition) is 2. The van der Waals surface area contributed by atoms with E-state index in [9.17, 15) is 8.42 Å². The van der Waals surface area contributed by atoms with Gasteiger partial charge in [0.25, 0.3) is 0 Å². The van der Waals surface area contributed by atoms with Crippen molar-refractivity contribution in [2.24, 2.45) is 0 Å². The summed E-state index contributed by atoms with van der Waals surface area (Å²) in [5, 5.41) is 3.16. The Kier molecular flexibility index (Phi) is 4.75. The second-order valence-corrected chi connectivity index (χ2v) is 6.31. The lowest BCUT2D eigenvalue weighted by atomic mass is 10.3. The number of rotatable bonds is 5. The molecule has 6 nitrogen and oxygen atoms in total. The van der Waals surface area contributed by atoms with Gasteiger partial charge in [0.2, 0.25) is 10.0 Å². The second kappa shape index (κ2) is 6.10. The van der Waals surface area contributed by atoms with Gasteiger partial charge in [0.1, 0.15) is 0 Å². The van der Waals surface area contributed by atoms with Gasteiger partial charge in [0.15, 0.2) is 0 Å². The van der Waals surface area contributed by atoms with Gasteiger partial charge >= 0.3 is 0 Å². The summed E-state index contributed by atoms with van der Waals surface area (Å²) >= 11 is 0. The summed E-state index contributed by atoms with van der Waals surface area (Å²) in [5.74, 6) is 0.0626. The second-order valence-electron chi connectivity index (χ2n) is 4.46. The van der Waals surface area contributed by atoms with Gasteiger partial charge in [0, 0.05) is 26.2 Å². The Bertz CT molecular complexity index is 321. The Morgan fingerprint density at radius 3 is 2.71 bits per heavy atom. The molecule has 2 aliphatic heterocycles. The minimum Gasteiger partial charge on any atom is -0.377 e. The van der Waals surface area contributed by atoms with Crippen molar-refractivity contribution in [3.8, 4) is 0 Å². The molecular weight excluding hydrogens is 244 g/mol. The first-order valence-electron chi connectivity index (χ1n) is 6.07. The summed E-state index contributed by atoms with van der Waals surface area (Å²) in [6, 6.07) is 0. The number of sulfonamides is 1. The molecule has 0 aromatic carbocycles. The van der Waals surface area contributed by atoms with Crippen molar-refractivity contribution in [3.05, 3.63) is 0 Å². The molecule has 0 aromatic rings. The highest BCUT2D eigenvalue weighted by Crippen LogP contribution is 2.13. The Labute approximate surface area is 102 Å². The van der Waals surface area contributed by atoms with Gasteiger partial charge in [-0.15, -0.1) is 0 Å². The van der Waals surface area contributed by atoms with Crippen LogP contribution in [-0.2, 0) is 19.5 Å². The number of ether oxygens (including phenoxy) is 2. The van der Waals surface area contributed by atoms with E-state index >= 15 is 0 Å². The van der Waals surface area contributed by atoms with Crippen LogP contribution in [0.5, 0.6) is 0 Å². The van der Waals surface area contributed by atoms with E-state index in [1.807, 2.05) is 0 Å². The van der Waals surface area contributed by atoms with Crippen LogP contribution < -0.4 is 10.0 Å². The third-order valence-corrected chi connectivity index (χ3v) is 4.38. The van der Waals surface area contributed by atoms with Crippen molar-refractivity contribution in [2.75, 3.05) is 38.6 Å². The molecule has 2 N–H and O–H groups in total. The number of morpholine rings is 1. The van der Waals surface area contributed by atoms with E-state index in [0.29, 0.717) is 26.3 Å². The Hall–Kier alpha value is -0.210. The van der Waals surface area contributed by atoms with Crippen molar-refractivity contribution in [2.45, 2.75) is 25.0 Å². The van der Waals surface area contributed by atoms with Crippen LogP contribution in [0.3, 0.4) is 0 Å². The SMILES string of the molecule is O=S(=O)(CC1CCCO1)NCC1CNCCO1. The molecule has 17 heavy (non-hydrogen) atoms. The van der Waals surface area contributed by atoms with Crippen molar-refractivity contribution in [1.29, 1.82) is 0 Å². The molecule has 0 saturated carbocycles. The molecule has 0 bridgehead atoms. The minimum absolute atomic E-state index is 0.0626. The van der Waals surface area contributed by atoms with Gasteiger partial charge in [-0.05, 0) is 12.8 Å². The molecule has 7 heteroatoms. The topological polar surface area (TPSA) is 76.7 Å². The average Bonchev–Trinajstić information content (AvgIpc) is 2.80. The molecule has 2 fully saturated rings. The lowest BCUT2D eigenvalue weighted by Gasteiger charge is -2.24. The summed E-state index contributed by atoms with van der Waals surface area (Å²) in [5.41, 5.74) is 0. The van der Waals surface area contributed by atoms with Crippen molar-refractivity contribution in [3.63, 3.8) is 0 Å². The molecule has 0 aliphatic carbocycles. The molecule has 0 amide bonds. The Morgan fingerprint density at radius 2 is 2.06 bits per heavy atom. The van der Waals surface area contributed by atoms with Crippen LogP contribution in [0, 0.1) is 0 Å². The largest absolute Gasteiger partial charge is 0.377 e. The predicted octanol–water partition coefficient (Wildman–Crippen LogP) is -0.927. The van der Waals surface area contributed by atoms with Gasteiger partial charge < -0.3 is 14.8 Å². The zero-order chi connectivity index (χ0) is 12.1. The van der Waals surface area contributed by atoms with Crippen molar-refractivity contribution in [1.82, 2.24) is 10.0 Å². The van der Waals surface area contributed by atoms with E-state index in [1.54, 1.807) is 0 Å². The smallest absolute Gasteiger partial charge is 0.214 e. The molecular formula is C10H20N2O4S. The number of hydrogen-bond acceptors (Lipinski definition) is 5. The fourth-order valence-corrected chi connectivity index (χ4v) is 3.36. The normalized spacial score (nSPS) is 30.6. The Balaban J connectivity index is 1.72. The highest BCUT2D eigenvalue weighted by molar-refractivity contribution is 7.89. The molecule has 0 radical (unpaired) electrons. The van der Waals surface area contributed by atoms with Gasteiger partial charge in [-0.25, -0.2) is 13.1 Å². The maximum Gasteiger partial charge on any atom is 0.214 e. The standard InChI is InChI=1S/C10H20N2O4S/c13-17(14,8-9-2-1-4-15-9)12-7-10-6-11-3-5-16-10/h9-12H,1-8H2. The quantitative estimate of drug-likeness (QED) is 0.671. The first kappa shape index (κ1) is 13.2. The van der Waals surface area contributed by atoms with Crippen molar-refractivity contribution >= 4 is 10.0 Å². The van der Waals surface area contributed by atoms with Crippen LogP contribution in [0.15, 0.2) is 0 Å². The number of nitrogens with one attached hydrogen (secondary N) is 2.